The third kappa shape index (κ3) is 1.73. The van der Waals surface area contributed by atoms with Gasteiger partial charge in [-0.05, 0) is 43.3 Å². The lowest BCUT2D eigenvalue weighted by atomic mass is 9.76. The predicted molar refractivity (Wildman–Crippen MR) is 62.4 cm³/mol. The maximum atomic E-state index is 5.46. The Labute approximate surface area is 94.6 Å². The predicted octanol–water partition coefficient (Wildman–Crippen LogP) is 2.02. The fraction of sp³-hybridized carbons (Fsp3) is 0.667. The van der Waals surface area contributed by atoms with Crippen molar-refractivity contribution in [2.75, 3.05) is 26.3 Å². The second kappa shape index (κ2) is 3.89. The number of thiophene rings is 1. The minimum atomic E-state index is 0.366. The molecule has 3 rings (SSSR count). The summed E-state index contributed by atoms with van der Waals surface area (Å²) in [6, 6.07) is 4.43. The molecule has 0 aliphatic carbocycles. The van der Waals surface area contributed by atoms with Crippen molar-refractivity contribution < 1.29 is 4.74 Å². The van der Waals surface area contributed by atoms with E-state index in [4.69, 9.17) is 4.74 Å². The second-order valence-corrected chi connectivity index (χ2v) is 5.76. The van der Waals surface area contributed by atoms with Gasteiger partial charge >= 0.3 is 0 Å². The molecule has 2 saturated heterocycles. The van der Waals surface area contributed by atoms with Crippen molar-refractivity contribution in [2.24, 2.45) is 5.92 Å². The summed E-state index contributed by atoms with van der Waals surface area (Å²) in [5.74, 6) is 0.857. The molecule has 0 saturated carbocycles. The Balaban J connectivity index is 1.75. The Morgan fingerprint density at radius 2 is 2.47 bits per heavy atom. The van der Waals surface area contributed by atoms with E-state index in [0.29, 0.717) is 5.41 Å². The average molecular weight is 223 g/mol. The van der Waals surface area contributed by atoms with Crippen LogP contribution in [0, 0.1) is 5.92 Å². The molecule has 0 bridgehead atoms. The molecule has 82 valence electrons. The Bertz CT molecular complexity index is 312. The van der Waals surface area contributed by atoms with Crippen LogP contribution in [0.4, 0.5) is 0 Å². The van der Waals surface area contributed by atoms with Crippen molar-refractivity contribution in [3.05, 3.63) is 22.4 Å². The van der Waals surface area contributed by atoms with Gasteiger partial charge in [-0.15, -0.1) is 11.3 Å². The van der Waals surface area contributed by atoms with Crippen LogP contribution < -0.4 is 5.32 Å². The highest BCUT2D eigenvalue weighted by atomic mass is 32.1. The summed E-state index contributed by atoms with van der Waals surface area (Å²) in [6.07, 6.45) is 2.65. The summed E-state index contributed by atoms with van der Waals surface area (Å²) >= 11 is 1.89. The quantitative estimate of drug-likeness (QED) is 0.846. The zero-order valence-electron chi connectivity index (χ0n) is 8.87. The lowest BCUT2D eigenvalue weighted by Crippen LogP contribution is -2.47. The summed E-state index contributed by atoms with van der Waals surface area (Å²) in [7, 11) is 0. The van der Waals surface area contributed by atoms with Gasteiger partial charge in [0.15, 0.2) is 0 Å². The van der Waals surface area contributed by atoms with Gasteiger partial charge in [-0.1, -0.05) is 6.07 Å². The second-order valence-electron chi connectivity index (χ2n) is 4.81. The molecule has 3 heteroatoms. The molecule has 0 radical (unpaired) electrons. The minimum absolute atomic E-state index is 0.366. The van der Waals surface area contributed by atoms with Gasteiger partial charge in [-0.2, -0.15) is 0 Å². The molecule has 1 aromatic rings. The molecule has 3 heterocycles. The van der Waals surface area contributed by atoms with Crippen molar-refractivity contribution in [3.8, 4) is 0 Å². The lowest BCUT2D eigenvalue weighted by Gasteiger charge is -2.42. The molecule has 1 unspecified atom stereocenters. The lowest BCUT2D eigenvalue weighted by molar-refractivity contribution is -0.0687. The van der Waals surface area contributed by atoms with Crippen molar-refractivity contribution >= 4 is 11.3 Å². The first kappa shape index (κ1) is 9.82. The van der Waals surface area contributed by atoms with Crippen LogP contribution in [0.3, 0.4) is 0 Å². The number of ether oxygens (including phenoxy) is 1. The Kier molecular flexibility index (Phi) is 2.54. The topological polar surface area (TPSA) is 21.3 Å². The van der Waals surface area contributed by atoms with Crippen LogP contribution in [0.5, 0.6) is 0 Å². The van der Waals surface area contributed by atoms with E-state index >= 15 is 0 Å². The van der Waals surface area contributed by atoms with Crippen LogP contribution in [-0.2, 0) is 10.2 Å². The molecule has 1 atom stereocenters. The zero-order chi connectivity index (χ0) is 10.1. The molecule has 0 aromatic carbocycles. The standard InChI is InChI=1S/C12H17NOS/c1-2-11(15-5-1)12(8-14-9-12)6-10-3-4-13-7-10/h1-2,5,10,13H,3-4,6-9H2. The molecule has 2 fully saturated rings. The van der Waals surface area contributed by atoms with E-state index in [1.165, 1.54) is 30.8 Å². The summed E-state index contributed by atoms with van der Waals surface area (Å²) in [5, 5.41) is 5.63. The molecule has 1 aromatic heterocycles. The van der Waals surface area contributed by atoms with Gasteiger partial charge in [0.25, 0.3) is 0 Å². The molecular formula is C12H17NOS. The summed E-state index contributed by atoms with van der Waals surface area (Å²) in [5.41, 5.74) is 0.366. The molecule has 2 nitrogen and oxygen atoms in total. The molecule has 2 aliphatic rings. The van der Waals surface area contributed by atoms with Crippen LogP contribution in [0.2, 0.25) is 0 Å². The van der Waals surface area contributed by atoms with E-state index < -0.39 is 0 Å². The molecule has 15 heavy (non-hydrogen) atoms. The summed E-state index contributed by atoms with van der Waals surface area (Å²) < 4.78 is 5.46. The highest BCUT2D eigenvalue weighted by Crippen LogP contribution is 2.41. The monoisotopic (exact) mass is 223 g/mol. The van der Waals surface area contributed by atoms with Crippen LogP contribution >= 0.6 is 11.3 Å². The van der Waals surface area contributed by atoms with Gasteiger partial charge in [0.1, 0.15) is 0 Å². The largest absolute Gasteiger partial charge is 0.379 e. The SMILES string of the molecule is c1csc(C2(CC3CCNC3)COC2)c1. The highest BCUT2D eigenvalue weighted by Gasteiger charge is 2.43. The fourth-order valence-electron chi connectivity index (χ4n) is 2.73. The highest BCUT2D eigenvalue weighted by molar-refractivity contribution is 7.10. The van der Waals surface area contributed by atoms with E-state index in [0.717, 1.165) is 19.1 Å². The number of hydrogen-bond acceptors (Lipinski definition) is 3. The van der Waals surface area contributed by atoms with E-state index in [9.17, 15) is 0 Å². The van der Waals surface area contributed by atoms with Crippen LogP contribution in [0.15, 0.2) is 17.5 Å². The van der Waals surface area contributed by atoms with E-state index in [-0.39, 0.29) is 0 Å². The van der Waals surface area contributed by atoms with Gasteiger partial charge in [-0.25, -0.2) is 0 Å². The van der Waals surface area contributed by atoms with Gasteiger partial charge in [0, 0.05) is 4.88 Å². The molecule has 2 aliphatic heterocycles. The van der Waals surface area contributed by atoms with Gasteiger partial charge in [0.2, 0.25) is 0 Å². The van der Waals surface area contributed by atoms with Gasteiger partial charge in [-0.3, -0.25) is 0 Å². The first-order valence-corrected chi connectivity index (χ1v) is 6.59. The van der Waals surface area contributed by atoms with E-state index in [2.05, 4.69) is 22.8 Å². The number of rotatable bonds is 3. The molecule has 0 amide bonds. The Hall–Kier alpha value is -0.380. The van der Waals surface area contributed by atoms with Crippen LogP contribution in [0.25, 0.3) is 0 Å². The Morgan fingerprint density at radius 1 is 1.53 bits per heavy atom. The number of nitrogens with one attached hydrogen (secondary N) is 1. The third-order valence-electron chi connectivity index (χ3n) is 3.64. The normalized spacial score (nSPS) is 28.9. The van der Waals surface area contributed by atoms with E-state index in [1.54, 1.807) is 0 Å². The fourth-order valence-corrected chi connectivity index (χ4v) is 3.64. The maximum absolute atomic E-state index is 5.46. The summed E-state index contributed by atoms with van der Waals surface area (Å²) in [6.45, 7) is 4.27. The van der Waals surface area contributed by atoms with Gasteiger partial charge in [0.05, 0.1) is 18.6 Å². The Morgan fingerprint density at radius 3 is 3.00 bits per heavy atom. The zero-order valence-corrected chi connectivity index (χ0v) is 9.69. The molecular weight excluding hydrogens is 206 g/mol. The summed E-state index contributed by atoms with van der Waals surface area (Å²) in [4.78, 5) is 1.53. The minimum Gasteiger partial charge on any atom is -0.379 e. The van der Waals surface area contributed by atoms with Crippen LogP contribution in [0.1, 0.15) is 17.7 Å². The third-order valence-corrected chi connectivity index (χ3v) is 4.76. The first-order chi connectivity index (χ1) is 7.39. The van der Waals surface area contributed by atoms with Crippen LogP contribution in [-0.4, -0.2) is 26.3 Å². The number of hydrogen-bond donors (Lipinski definition) is 1. The molecule has 1 N–H and O–H groups in total. The smallest absolute Gasteiger partial charge is 0.0593 e. The maximum Gasteiger partial charge on any atom is 0.0593 e. The molecule has 0 spiro atoms. The first-order valence-electron chi connectivity index (χ1n) is 5.72. The van der Waals surface area contributed by atoms with Crippen molar-refractivity contribution in [1.29, 1.82) is 0 Å². The average Bonchev–Trinajstić information content (AvgIpc) is 2.84. The van der Waals surface area contributed by atoms with Crippen molar-refractivity contribution in [2.45, 2.75) is 18.3 Å². The van der Waals surface area contributed by atoms with Crippen molar-refractivity contribution in [3.63, 3.8) is 0 Å². The van der Waals surface area contributed by atoms with Crippen molar-refractivity contribution in [1.82, 2.24) is 5.32 Å². The van der Waals surface area contributed by atoms with Gasteiger partial charge < -0.3 is 10.1 Å². The van der Waals surface area contributed by atoms with E-state index in [1.807, 2.05) is 11.3 Å².